The Labute approximate surface area is 78.6 Å². The van der Waals surface area contributed by atoms with E-state index in [-0.39, 0.29) is 12.4 Å². The molecule has 0 atom stereocenters. The van der Waals surface area contributed by atoms with Gasteiger partial charge in [0.25, 0.3) is 0 Å². The van der Waals surface area contributed by atoms with Gasteiger partial charge in [0.1, 0.15) is 5.69 Å². The van der Waals surface area contributed by atoms with Gasteiger partial charge in [-0.25, -0.2) is 0 Å². The molecule has 0 heterocycles. The van der Waals surface area contributed by atoms with Crippen LogP contribution in [-0.2, 0) is 0 Å². The lowest BCUT2D eigenvalue weighted by Crippen LogP contribution is -3.00. The highest BCUT2D eigenvalue weighted by atomic mass is 35.5. The third-order valence-corrected chi connectivity index (χ3v) is 1.62. The number of benzene rings is 1. The molecule has 0 aromatic heterocycles. The summed E-state index contributed by atoms with van der Waals surface area (Å²) < 4.78 is 0. The smallest absolute Gasteiger partial charge is 0.464 e. The van der Waals surface area contributed by atoms with Gasteiger partial charge in [0, 0.05) is 0 Å². The van der Waals surface area contributed by atoms with Gasteiger partial charge in [0.15, 0.2) is 0 Å². The monoisotopic (exact) mass is 185 g/mol. The Hall–Kier alpha value is -0.860. The van der Waals surface area contributed by atoms with Gasteiger partial charge in [-0.05, 0) is 24.3 Å². The second kappa shape index (κ2) is 4.91. The second-order valence-electron chi connectivity index (χ2n) is 2.74. The second-order valence-corrected chi connectivity index (χ2v) is 2.74. The number of halogens is 1. The summed E-state index contributed by atoms with van der Waals surface area (Å²) in [5.41, 5.74) is 1.92. The zero-order valence-electron chi connectivity index (χ0n) is 7.17. The molecule has 2 nitrogen and oxygen atoms in total. The molecule has 1 aromatic rings. The Bertz CT molecular complexity index is 243. The highest BCUT2D eigenvalue weighted by Gasteiger charge is 2.01. The molecule has 0 bridgehead atoms. The number of carbonyl (C=O) groups is 1. The molecule has 0 saturated carbocycles. The fourth-order valence-corrected chi connectivity index (χ4v) is 0.895. The third-order valence-electron chi connectivity index (χ3n) is 1.62. The van der Waals surface area contributed by atoms with Crippen LogP contribution in [0.4, 0.5) is 5.69 Å². The van der Waals surface area contributed by atoms with Crippen LogP contribution in [0.25, 0.3) is 0 Å². The average molecular weight is 186 g/mol. The molecule has 1 aromatic carbocycles. The van der Waals surface area contributed by atoms with E-state index in [1.807, 2.05) is 24.3 Å². The van der Waals surface area contributed by atoms with Crippen LogP contribution >= 0.6 is 0 Å². The molecule has 0 saturated heterocycles. The summed E-state index contributed by atoms with van der Waals surface area (Å²) in [5.74, 6) is 0. The molecule has 0 spiro atoms. The summed E-state index contributed by atoms with van der Waals surface area (Å²) in [5, 5.41) is 0. The highest BCUT2D eigenvalue weighted by Crippen LogP contribution is 2.01. The van der Waals surface area contributed by atoms with Crippen molar-refractivity contribution < 1.29 is 22.1 Å². The van der Waals surface area contributed by atoms with E-state index in [4.69, 9.17) is 0 Å². The zero-order valence-corrected chi connectivity index (χ0v) is 7.93. The minimum Gasteiger partial charge on any atom is -1.00 e. The molecule has 0 fully saturated rings. The maximum Gasteiger partial charge on any atom is 0.464 e. The van der Waals surface area contributed by atoms with E-state index < -0.39 is 0 Å². The summed E-state index contributed by atoms with van der Waals surface area (Å²) in [6, 6.07) is 7.57. The molecule has 0 aliphatic carbocycles. The van der Waals surface area contributed by atoms with Crippen LogP contribution in [0.3, 0.4) is 0 Å². The van der Waals surface area contributed by atoms with Gasteiger partial charge in [-0.1, -0.05) is 0 Å². The Morgan fingerprint density at radius 2 is 1.67 bits per heavy atom. The van der Waals surface area contributed by atoms with Crippen molar-refractivity contribution in [1.82, 2.24) is 0 Å². The maximum atomic E-state index is 10.3. The lowest BCUT2D eigenvalue weighted by atomic mass is 10.2. The molecule has 0 aliphatic heterocycles. The topological polar surface area (TPSA) is 24.3 Å². The van der Waals surface area contributed by atoms with Gasteiger partial charge in [-0.3, -0.25) is 0 Å². The number of carbonyl (C=O) groups excluding carboxylic acids is 1. The minimum atomic E-state index is 0. The summed E-state index contributed by atoms with van der Waals surface area (Å²) in [6.45, 7) is 0. The fourth-order valence-electron chi connectivity index (χ4n) is 0.895. The van der Waals surface area contributed by atoms with Crippen molar-refractivity contribution in [3.63, 3.8) is 0 Å². The summed E-state index contributed by atoms with van der Waals surface area (Å²) in [6.07, 6.45) is 0.856. The third kappa shape index (κ3) is 2.64. The van der Waals surface area contributed by atoms with Gasteiger partial charge in [-0.15, -0.1) is 0 Å². The van der Waals surface area contributed by atoms with Crippen molar-refractivity contribution >= 4 is 12.0 Å². The molecule has 65 valence electrons. The molecule has 1 N–H and O–H groups in total. The van der Waals surface area contributed by atoms with Gasteiger partial charge >= 0.3 is 6.29 Å². The zero-order chi connectivity index (χ0) is 8.27. The minimum absolute atomic E-state index is 0. The van der Waals surface area contributed by atoms with E-state index in [1.165, 1.54) is 10.6 Å². The fraction of sp³-hybridized carbons (Fsp3) is 0.222. The molecule has 0 aliphatic rings. The Balaban J connectivity index is 0.00000121. The molecule has 0 unspecified atom stereocenters. The first-order valence-electron chi connectivity index (χ1n) is 3.60. The van der Waals surface area contributed by atoms with Crippen LogP contribution < -0.4 is 17.3 Å². The first kappa shape index (κ1) is 11.1. The van der Waals surface area contributed by atoms with Crippen LogP contribution in [-0.4, -0.2) is 20.4 Å². The molecule has 3 heteroatoms. The van der Waals surface area contributed by atoms with Crippen molar-refractivity contribution in [3.8, 4) is 0 Å². The average Bonchev–Trinajstić information content (AvgIpc) is 2.05. The van der Waals surface area contributed by atoms with Crippen LogP contribution in [0, 0.1) is 0 Å². The largest absolute Gasteiger partial charge is 1.00 e. The molecule has 1 rings (SSSR count). The van der Waals surface area contributed by atoms with Crippen LogP contribution in [0.5, 0.6) is 0 Å². The molecular formula is C9H12ClNO+. The lowest BCUT2D eigenvalue weighted by Gasteiger charge is -2.04. The predicted octanol–water partition coefficient (Wildman–Crippen LogP) is -2.72. The summed E-state index contributed by atoms with van der Waals surface area (Å²) in [7, 11) is 4.10. The first-order valence-corrected chi connectivity index (χ1v) is 3.60. The van der Waals surface area contributed by atoms with E-state index in [2.05, 4.69) is 14.1 Å². The van der Waals surface area contributed by atoms with E-state index in [9.17, 15) is 4.79 Å². The summed E-state index contributed by atoms with van der Waals surface area (Å²) >= 11 is 0. The number of hydrogen-bond acceptors (Lipinski definition) is 1. The van der Waals surface area contributed by atoms with Gasteiger partial charge < -0.3 is 17.3 Å². The van der Waals surface area contributed by atoms with Crippen molar-refractivity contribution in [2.24, 2.45) is 0 Å². The van der Waals surface area contributed by atoms with E-state index >= 15 is 0 Å². The SMILES string of the molecule is C[NH+](C)c1ccc(C=[O+])cc1.[Cl-]. The Morgan fingerprint density at radius 3 is 2.00 bits per heavy atom. The molecular weight excluding hydrogens is 174 g/mol. The van der Waals surface area contributed by atoms with Crippen molar-refractivity contribution in [2.75, 3.05) is 14.1 Å². The van der Waals surface area contributed by atoms with E-state index in [1.54, 1.807) is 0 Å². The Morgan fingerprint density at radius 1 is 1.17 bits per heavy atom. The van der Waals surface area contributed by atoms with Gasteiger partial charge in [-0.2, -0.15) is 0 Å². The quantitative estimate of drug-likeness (QED) is 0.393. The molecule has 12 heavy (non-hydrogen) atoms. The van der Waals surface area contributed by atoms with E-state index in [0.717, 1.165) is 11.8 Å². The van der Waals surface area contributed by atoms with Crippen molar-refractivity contribution in [3.05, 3.63) is 29.8 Å². The van der Waals surface area contributed by atoms with Crippen LogP contribution in [0.15, 0.2) is 24.3 Å². The van der Waals surface area contributed by atoms with Crippen molar-refractivity contribution in [2.45, 2.75) is 0 Å². The Kier molecular flexibility index (Phi) is 4.55. The molecule has 0 amide bonds. The van der Waals surface area contributed by atoms with Gasteiger partial charge in [0.2, 0.25) is 4.79 Å². The highest BCUT2D eigenvalue weighted by molar-refractivity contribution is 5.75. The number of hydrogen-bond donors (Lipinski definition) is 1. The van der Waals surface area contributed by atoms with Crippen LogP contribution in [0.2, 0.25) is 0 Å². The van der Waals surface area contributed by atoms with E-state index in [0.29, 0.717) is 0 Å². The summed E-state index contributed by atoms with van der Waals surface area (Å²) in [4.78, 5) is 11.5. The maximum absolute atomic E-state index is 10.3. The van der Waals surface area contributed by atoms with Crippen LogP contribution in [0.1, 0.15) is 10.4 Å². The van der Waals surface area contributed by atoms with Crippen molar-refractivity contribution in [1.29, 1.82) is 0 Å². The standard InChI is InChI=1S/C9H11NO.ClH/c1-10(2)9-5-3-8(7-11)4-6-9;/h3-7H,1-2H3;1H/q+1;. The number of aldehydes is 1. The number of nitrogens with one attached hydrogen (secondary N) is 1. The van der Waals surface area contributed by atoms with Gasteiger partial charge in [0.05, 0.1) is 19.7 Å². The first-order chi connectivity index (χ1) is 5.24. The predicted molar refractivity (Wildman–Crippen MR) is 44.3 cm³/mol. The number of quaternary nitrogens is 1. The number of rotatable bonds is 2. The normalized spacial score (nSPS) is 9.25. The molecule has 1 radical (unpaired) electrons. The lowest BCUT2D eigenvalue weighted by molar-refractivity contribution is -0.786.